The fourth-order valence-corrected chi connectivity index (χ4v) is 1.63. The first-order valence-corrected chi connectivity index (χ1v) is 6.20. The SMILES string of the molecule is CC(C)(C)c1ncc(-c2ccc(Br)cn2)cn1. The van der Waals surface area contributed by atoms with Gasteiger partial charge < -0.3 is 0 Å². The van der Waals surface area contributed by atoms with Crippen LogP contribution in [0.3, 0.4) is 0 Å². The van der Waals surface area contributed by atoms with Gasteiger partial charge in [0.15, 0.2) is 0 Å². The van der Waals surface area contributed by atoms with E-state index >= 15 is 0 Å². The van der Waals surface area contributed by atoms with E-state index in [0.717, 1.165) is 21.6 Å². The van der Waals surface area contributed by atoms with Crippen LogP contribution in [0, 0.1) is 0 Å². The van der Waals surface area contributed by atoms with Crippen LogP contribution >= 0.6 is 15.9 Å². The molecule has 0 N–H and O–H groups in total. The number of pyridine rings is 1. The molecule has 0 aliphatic heterocycles. The lowest BCUT2D eigenvalue weighted by molar-refractivity contribution is 0.545. The average Bonchev–Trinajstić information content (AvgIpc) is 2.29. The molecule has 2 aromatic heterocycles. The van der Waals surface area contributed by atoms with Crippen LogP contribution < -0.4 is 0 Å². The van der Waals surface area contributed by atoms with E-state index in [0.29, 0.717) is 0 Å². The van der Waals surface area contributed by atoms with Crippen molar-refractivity contribution >= 4 is 15.9 Å². The summed E-state index contributed by atoms with van der Waals surface area (Å²) in [6.07, 6.45) is 5.42. The van der Waals surface area contributed by atoms with Crippen molar-refractivity contribution in [2.45, 2.75) is 26.2 Å². The molecule has 17 heavy (non-hydrogen) atoms. The van der Waals surface area contributed by atoms with Crippen LogP contribution in [0.4, 0.5) is 0 Å². The molecule has 0 aromatic carbocycles. The van der Waals surface area contributed by atoms with Crippen molar-refractivity contribution in [3.8, 4) is 11.3 Å². The summed E-state index contributed by atoms with van der Waals surface area (Å²) in [5, 5.41) is 0. The summed E-state index contributed by atoms with van der Waals surface area (Å²) in [5.41, 5.74) is 1.80. The Bertz CT molecular complexity index is 498. The Balaban J connectivity index is 2.33. The van der Waals surface area contributed by atoms with Gasteiger partial charge in [0, 0.05) is 34.0 Å². The van der Waals surface area contributed by atoms with Crippen molar-refractivity contribution in [2.24, 2.45) is 0 Å². The molecule has 0 bridgehead atoms. The summed E-state index contributed by atoms with van der Waals surface area (Å²) >= 11 is 3.36. The lowest BCUT2D eigenvalue weighted by Crippen LogP contribution is -2.15. The molecule has 4 heteroatoms. The Morgan fingerprint density at radius 3 is 2.06 bits per heavy atom. The second-order valence-corrected chi connectivity index (χ2v) is 5.82. The summed E-state index contributed by atoms with van der Waals surface area (Å²) in [5.74, 6) is 0.846. The molecule has 0 saturated carbocycles. The fraction of sp³-hybridized carbons (Fsp3) is 0.308. The van der Waals surface area contributed by atoms with E-state index < -0.39 is 0 Å². The molecule has 0 spiro atoms. The van der Waals surface area contributed by atoms with Gasteiger partial charge in [-0.2, -0.15) is 0 Å². The molecular formula is C13H14BrN3. The number of aromatic nitrogens is 3. The molecule has 0 atom stereocenters. The Labute approximate surface area is 109 Å². The Hall–Kier alpha value is -1.29. The zero-order chi connectivity index (χ0) is 12.5. The van der Waals surface area contributed by atoms with Gasteiger partial charge in [0.2, 0.25) is 0 Å². The number of nitrogens with zero attached hydrogens (tertiary/aromatic N) is 3. The number of hydrogen-bond donors (Lipinski definition) is 0. The van der Waals surface area contributed by atoms with Crippen LogP contribution in [0.15, 0.2) is 35.2 Å². The van der Waals surface area contributed by atoms with E-state index in [2.05, 4.69) is 51.7 Å². The minimum Gasteiger partial charge on any atom is -0.255 e. The third kappa shape index (κ3) is 2.88. The van der Waals surface area contributed by atoms with E-state index in [1.165, 1.54) is 0 Å². The van der Waals surface area contributed by atoms with E-state index in [-0.39, 0.29) is 5.41 Å². The van der Waals surface area contributed by atoms with Crippen LogP contribution in [0.5, 0.6) is 0 Å². The van der Waals surface area contributed by atoms with Crippen LogP contribution in [-0.4, -0.2) is 15.0 Å². The smallest absolute Gasteiger partial charge is 0.133 e. The minimum atomic E-state index is -0.0221. The molecule has 3 nitrogen and oxygen atoms in total. The maximum atomic E-state index is 4.39. The molecule has 2 rings (SSSR count). The lowest BCUT2D eigenvalue weighted by atomic mass is 9.96. The second kappa shape index (κ2) is 4.53. The Morgan fingerprint density at radius 1 is 0.941 bits per heavy atom. The Kier molecular flexibility index (Phi) is 3.24. The zero-order valence-corrected chi connectivity index (χ0v) is 11.7. The van der Waals surface area contributed by atoms with Gasteiger partial charge in [-0.1, -0.05) is 20.8 Å². The highest BCUT2D eigenvalue weighted by Gasteiger charge is 2.16. The van der Waals surface area contributed by atoms with Gasteiger partial charge >= 0.3 is 0 Å². The summed E-state index contributed by atoms with van der Waals surface area (Å²) in [6, 6.07) is 3.90. The van der Waals surface area contributed by atoms with Gasteiger partial charge in [0.1, 0.15) is 5.82 Å². The predicted molar refractivity (Wildman–Crippen MR) is 71.7 cm³/mol. The summed E-state index contributed by atoms with van der Waals surface area (Å²) in [6.45, 7) is 6.29. The first kappa shape index (κ1) is 12.2. The highest BCUT2D eigenvalue weighted by molar-refractivity contribution is 9.10. The summed E-state index contributed by atoms with van der Waals surface area (Å²) in [7, 11) is 0. The van der Waals surface area contributed by atoms with E-state index in [1.54, 1.807) is 6.20 Å². The van der Waals surface area contributed by atoms with Crippen molar-refractivity contribution < 1.29 is 0 Å². The molecule has 88 valence electrons. The normalized spacial score (nSPS) is 11.5. The molecular weight excluding hydrogens is 278 g/mol. The van der Waals surface area contributed by atoms with Crippen molar-refractivity contribution in [3.63, 3.8) is 0 Å². The molecule has 2 heterocycles. The van der Waals surface area contributed by atoms with E-state index in [9.17, 15) is 0 Å². The van der Waals surface area contributed by atoms with E-state index in [1.807, 2.05) is 24.5 Å². The van der Waals surface area contributed by atoms with Gasteiger partial charge in [-0.25, -0.2) is 9.97 Å². The number of rotatable bonds is 1. The van der Waals surface area contributed by atoms with Gasteiger partial charge in [-0.15, -0.1) is 0 Å². The first-order chi connectivity index (χ1) is 7.97. The van der Waals surface area contributed by atoms with Crippen LogP contribution in [0.2, 0.25) is 0 Å². The lowest BCUT2D eigenvalue weighted by Gasteiger charge is -2.15. The Morgan fingerprint density at radius 2 is 1.59 bits per heavy atom. The molecule has 0 aliphatic carbocycles. The highest BCUT2D eigenvalue weighted by Crippen LogP contribution is 2.21. The standard InChI is InChI=1S/C13H14BrN3/c1-13(2,3)12-16-6-9(7-17-12)11-5-4-10(14)8-15-11/h4-8H,1-3H3. The van der Waals surface area contributed by atoms with Gasteiger partial charge in [-0.3, -0.25) is 4.98 Å². The van der Waals surface area contributed by atoms with E-state index in [4.69, 9.17) is 0 Å². The fourth-order valence-electron chi connectivity index (χ4n) is 1.39. The molecule has 0 saturated heterocycles. The van der Waals surface area contributed by atoms with Crippen molar-refractivity contribution in [2.75, 3.05) is 0 Å². The molecule has 2 aromatic rings. The molecule has 0 radical (unpaired) electrons. The first-order valence-electron chi connectivity index (χ1n) is 5.41. The number of halogens is 1. The molecule has 0 fully saturated rings. The predicted octanol–water partition coefficient (Wildman–Crippen LogP) is 3.60. The third-order valence-corrected chi connectivity index (χ3v) is 2.81. The van der Waals surface area contributed by atoms with Crippen molar-refractivity contribution in [3.05, 3.63) is 41.0 Å². The molecule has 0 amide bonds. The second-order valence-electron chi connectivity index (χ2n) is 4.91. The average molecular weight is 292 g/mol. The quantitative estimate of drug-likeness (QED) is 0.806. The summed E-state index contributed by atoms with van der Waals surface area (Å²) in [4.78, 5) is 13.1. The summed E-state index contributed by atoms with van der Waals surface area (Å²) < 4.78 is 0.966. The largest absolute Gasteiger partial charge is 0.255 e. The van der Waals surface area contributed by atoms with Crippen LogP contribution in [0.25, 0.3) is 11.3 Å². The van der Waals surface area contributed by atoms with Gasteiger partial charge in [0.05, 0.1) is 5.69 Å². The van der Waals surface area contributed by atoms with Crippen molar-refractivity contribution in [1.29, 1.82) is 0 Å². The molecule has 0 unspecified atom stereocenters. The number of hydrogen-bond acceptors (Lipinski definition) is 3. The third-order valence-electron chi connectivity index (χ3n) is 2.35. The van der Waals surface area contributed by atoms with Crippen molar-refractivity contribution in [1.82, 2.24) is 15.0 Å². The zero-order valence-electron chi connectivity index (χ0n) is 10.1. The topological polar surface area (TPSA) is 38.7 Å². The highest BCUT2D eigenvalue weighted by atomic mass is 79.9. The van der Waals surface area contributed by atoms with Gasteiger partial charge in [0.25, 0.3) is 0 Å². The maximum Gasteiger partial charge on any atom is 0.133 e. The molecule has 0 aliphatic rings. The van der Waals surface area contributed by atoms with Crippen LogP contribution in [0.1, 0.15) is 26.6 Å². The maximum absolute atomic E-state index is 4.39. The van der Waals surface area contributed by atoms with Gasteiger partial charge in [-0.05, 0) is 28.1 Å². The van der Waals surface area contributed by atoms with Crippen LogP contribution in [-0.2, 0) is 5.41 Å². The monoisotopic (exact) mass is 291 g/mol. The minimum absolute atomic E-state index is 0.0221.